The molecule has 1 heterocycles. The summed E-state index contributed by atoms with van der Waals surface area (Å²) in [4.78, 5) is 2.52. The Labute approximate surface area is 128 Å². The molecule has 0 aliphatic carbocycles. The molecular weight excluding hydrogens is 268 g/mol. The summed E-state index contributed by atoms with van der Waals surface area (Å²) in [6, 6.07) is 6.30. The summed E-state index contributed by atoms with van der Waals surface area (Å²) < 4.78 is 0. The van der Waals surface area contributed by atoms with Crippen LogP contribution in [0.3, 0.4) is 0 Å². The smallest absolute Gasteiger partial charge is 0.0471 e. The largest absolute Gasteiger partial charge is 0.371 e. The third-order valence-corrected chi connectivity index (χ3v) is 4.39. The zero-order valence-corrected chi connectivity index (χ0v) is 13.7. The lowest BCUT2D eigenvalue weighted by Crippen LogP contribution is -2.39. The zero-order valence-electron chi connectivity index (χ0n) is 13.0. The number of benzene rings is 1. The highest BCUT2D eigenvalue weighted by Crippen LogP contribution is 2.32. The second-order valence-electron chi connectivity index (χ2n) is 6.27. The Bertz CT molecular complexity index is 423. The van der Waals surface area contributed by atoms with Gasteiger partial charge in [0, 0.05) is 35.9 Å². The van der Waals surface area contributed by atoms with Crippen molar-refractivity contribution in [3.05, 3.63) is 28.8 Å². The monoisotopic (exact) mass is 294 g/mol. The Hall–Kier alpha value is -0.730. The van der Waals surface area contributed by atoms with Gasteiger partial charge in [0.15, 0.2) is 0 Å². The molecule has 0 bridgehead atoms. The Kier molecular flexibility index (Phi) is 5.74. The fourth-order valence-electron chi connectivity index (χ4n) is 3.27. The van der Waals surface area contributed by atoms with Gasteiger partial charge >= 0.3 is 0 Å². The van der Waals surface area contributed by atoms with Crippen molar-refractivity contribution >= 4 is 17.3 Å². The van der Waals surface area contributed by atoms with Gasteiger partial charge in [-0.2, -0.15) is 0 Å². The first-order chi connectivity index (χ1) is 9.61. The van der Waals surface area contributed by atoms with Gasteiger partial charge in [-0.1, -0.05) is 38.4 Å². The van der Waals surface area contributed by atoms with Crippen LogP contribution in [0.25, 0.3) is 0 Å². The summed E-state index contributed by atoms with van der Waals surface area (Å²) >= 11 is 6.43. The Morgan fingerprint density at radius 3 is 2.60 bits per heavy atom. The molecule has 2 nitrogen and oxygen atoms in total. The fraction of sp³-hybridized carbons (Fsp3) is 0.647. The van der Waals surface area contributed by atoms with E-state index >= 15 is 0 Å². The van der Waals surface area contributed by atoms with Gasteiger partial charge in [-0.15, -0.1) is 0 Å². The number of nitrogens with zero attached hydrogens (tertiary/aromatic N) is 1. The van der Waals surface area contributed by atoms with E-state index in [0.29, 0.717) is 0 Å². The van der Waals surface area contributed by atoms with Crippen LogP contribution in [-0.4, -0.2) is 19.6 Å². The first kappa shape index (κ1) is 15.7. The molecule has 1 aliphatic rings. The lowest BCUT2D eigenvalue weighted by atomic mass is 9.91. The van der Waals surface area contributed by atoms with Crippen molar-refractivity contribution in [1.82, 2.24) is 5.32 Å². The van der Waals surface area contributed by atoms with Gasteiger partial charge < -0.3 is 10.2 Å². The van der Waals surface area contributed by atoms with Crippen molar-refractivity contribution in [1.29, 1.82) is 0 Å². The average molecular weight is 295 g/mol. The van der Waals surface area contributed by atoms with Gasteiger partial charge in [0.2, 0.25) is 0 Å². The minimum Gasteiger partial charge on any atom is -0.371 e. The van der Waals surface area contributed by atoms with Crippen molar-refractivity contribution in [2.45, 2.75) is 40.2 Å². The van der Waals surface area contributed by atoms with E-state index in [1.807, 2.05) is 6.07 Å². The molecule has 1 aromatic carbocycles. The number of halogens is 1. The highest BCUT2D eigenvalue weighted by Gasteiger charge is 2.24. The Morgan fingerprint density at radius 2 is 1.95 bits per heavy atom. The molecule has 0 saturated carbocycles. The zero-order chi connectivity index (χ0) is 14.5. The van der Waals surface area contributed by atoms with Crippen LogP contribution in [0.1, 0.15) is 39.2 Å². The maximum Gasteiger partial charge on any atom is 0.0471 e. The van der Waals surface area contributed by atoms with Crippen molar-refractivity contribution in [2.24, 2.45) is 11.8 Å². The van der Waals surface area contributed by atoms with Crippen molar-refractivity contribution in [3.8, 4) is 0 Å². The molecule has 0 aromatic heterocycles. The summed E-state index contributed by atoms with van der Waals surface area (Å²) in [5.74, 6) is 1.52. The maximum absolute atomic E-state index is 6.43. The van der Waals surface area contributed by atoms with Crippen molar-refractivity contribution in [2.75, 3.05) is 24.5 Å². The lowest BCUT2D eigenvalue weighted by molar-refractivity contribution is 0.356. The summed E-state index contributed by atoms with van der Waals surface area (Å²) in [6.07, 6.45) is 2.48. The fourth-order valence-corrected chi connectivity index (χ4v) is 3.50. The predicted octanol–water partition coefficient (Wildman–Crippen LogP) is 4.32. The van der Waals surface area contributed by atoms with E-state index in [0.717, 1.165) is 49.5 Å². The van der Waals surface area contributed by atoms with E-state index < -0.39 is 0 Å². The Morgan fingerprint density at radius 1 is 1.25 bits per heavy atom. The quantitative estimate of drug-likeness (QED) is 0.814. The second kappa shape index (κ2) is 7.33. The maximum atomic E-state index is 6.43. The van der Waals surface area contributed by atoms with Crippen molar-refractivity contribution < 1.29 is 0 Å². The number of hydrogen-bond donors (Lipinski definition) is 1. The molecule has 0 amide bonds. The van der Waals surface area contributed by atoms with Crippen LogP contribution < -0.4 is 10.2 Å². The molecule has 1 fully saturated rings. The Balaban J connectivity index is 2.19. The van der Waals surface area contributed by atoms with E-state index in [2.05, 4.69) is 43.1 Å². The SMILES string of the molecule is CCCNCc1c(Cl)cccc1N1CC(C)CC(C)C1. The number of anilines is 1. The summed E-state index contributed by atoms with van der Waals surface area (Å²) in [5, 5.41) is 4.37. The highest BCUT2D eigenvalue weighted by molar-refractivity contribution is 6.31. The summed E-state index contributed by atoms with van der Waals surface area (Å²) in [5.41, 5.74) is 2.57. The summed E-state index contributed by atoms with van der Waals surface area (Å²) in [7, 11) is 0. The van der Waals surface area contributed by atoms with E-state index in [-0.39, 0.29) is 0 Å². The normalized spacial score (nSPS) is 23.1. The first-order valence-corrected chi connectivity index (χ1v) is 8.22. The molecule has 1 saturated heterocycles. The predicted molar refractivity (Wildman–Crippen MR) is 88.6 cm³/mol. The van der Waals surface area contributed by atoms with Gasteiger partial charge in [-0.25, -0.2) is 0 Å². The van der Waals surface area contributed by atoms with Gasteiger partial charge in [0.25, 0.3) is 0 Å². The van der Waals surface area contributed by atoms with Gasteiger partial charge in [-0.3, -0.25) is 0 Å². The molecule has 2 atom stereocenters. The molecule has 2 rings (SSSR count). The van der Waals surface area contributed by atoms with Crippen LogP contribution >= 0.6 is 11.6 Å². The van der Waals surface area contributed by atoms with Gasteiger partial charge in [-0.05, 0) is 43.4 Å². The third-order valence-electron chi connectivity index (χ3n) is 4.03. The minimum absolute atomic E-state index is 0.759. The lowest BCUT2D eigenvalue weighted by Gasteiger charge is -2.38. The highest BCUT2D eigenvalue weighted by atomic mass is 35.5. The number of piperidine rings is 1. The molecule has 2 unspecified atom stereocenters. The molecule has 0 spiro atoms. The molecule has 112 valence electrons. The number of nitrogens with one attached hydrogen (secondary N) is 1. The first-order valence-electron chi connectivity index (χ1n) is 7.84. The number of hydrogen-bond acceptors (Lipinski definition) is 2. The molecule has 0 radical (unpaired) electrons. The van der Waals surface area contributed by atoms with Crippen LogP contribution in [0, 0.1) is 11.8 Å². The molecule has 1 N–H and O–H groups in total. The van der Waals surface area contributed by atoms with E-state index in [4.69, 9.17) is 11.6 Å². The average Bonchev–Trinajstić information content (AvgIpc) is 2.39. The van der Waals surface area contributed by atoms with Crippen LogP contribution in [0.4, 0.5) is 5.69 Å². The van der Waals surface area contributed by atoms with Crippen LogP contribution in [0.2, 0.25) is 5.02 Å². The topological polar surface area (TPSA) is 15.3 Å². The van der Waals surface area contributed by atoms with Crippen LogP contribution in [0.15, 0.2) is 18.2 Å². The number of rotatable bonds is 5. The van der Waals surface area contributed by atoms with Crippen molar-refractivity contribution in [3.63, 3.8) is 0 Å². The molecule has 1 aromatic rings. The van der Waals surface area contributed by atoms with E-state index in [1.165, 1.54) is 17.7 Å². The van der Waals surface area contributed by atoms with E-state index in [9.17, 15) is 0 Å². The molecule has 1 aliphatic heterocycles. The third kappa shape index (κ3) is 3.89. The standard InChI is InChI=1S/C17H27ClN2/c1-4-8-19-10-15-16(18)6-5-7-17(15)20-11-13(2)9-14(3)12-20/h5-7,13-14,19H,4,8-12H2,1-3H3. The molecule has 20 heavy (non-hydrogen) atoms. The minimum atomic E-state index is 0.759. The second-order valence-corrected chi connectivity index (χ2v) is 6.67. The summed E-state index contributed by atoms with van der Waals surface area (Å²) in [6.45, 7) is 11.1. The molecule has 3 heteroatoms. The van der Waals surface area contributed by atoms with Gasteiger partial charge in [0.05, 0.1) is 0 Å². The molecular formula is C17H27ClN2. The van der Waals surface area contributed by atoms with Gasteiger partial charge in [0.1, 0.15) is 0 Å². The van der Waals surface area contributed by atoms with Crippen LogP contribution in [0.5, 0.6) is 0 Å². The van der Waals surface area contributed by atoms with E-state index in [1.54, 1.807) is 0 Å². The van der Waals surface area contributed by atoms with Crippen LogP contribution in [-0.2, 0) is 6.54 Å².